The first kappa shape index (κ1) is 22.3. The molecule has 4 N–H and O–H groups in total. The Morgan fingerprint density at radius 2 is 1.87 bits per heavy atom. The van der Waals surface area contributed by atoms with Crippen LogP contribution in [0.2, 0.25) is 0 Å². The number of carbonyl (C=O) groups is 1. The first-order valence-electron chi connectivity index (χ1n) is 10.2. The largest absolute Gasteiger partial charge is 0.508 e. The maximum atomic E-state index is 13.1. The third-order valence-corrected chi connectivity index (χ3v) is 5.17. The van der Waals surface area contributed by atoms with Gasteiger partial charge in [-0.25, -0.2) is 0 Å². The predicted octanol–water partition coefficient (Wildman–Crippen LogP) is 5.39. The molecule has 0 unspecified atom stereocenters. The van der Waals surface area contributed by atoms with E-state index >= 15 is 0 Å². The molecule has 0 spiro atoms. The molecular formula is C25H28O6. The zero-order chi connectivity index (χ0) is 22.9. The van der Waals surface area contributed by atoms with Crippen molar-refractivity contribution in [1.82, 2.24) is 0 Å². The topological polar surface area (TPSA) is 107 Å². The summed E-state index contributed by atoms with van der Waals surface area (Å²) in [6.45, 7) is 7.78. The van der Waals surface area contributed by atoms with Gasteiger partial charge in [0.1, 0.15) is 40.4 Å². The fraction of sp³-hybridized carbons (Fsp3) is 0.320. The summed E-state index contributed by atoms with van der Waals surface area (Å²) >= 11 is 0. The molecule has 1 atom stereocenters. The number of Topliss-reactive ketones (excluding diaryl/α,β-unsaturated/α-hetero) is 1. The van der Waals surface area contributed by atoms with Crippen LogP contribution in [0.4, 0.5) is 0 Å². The summed E-state index contributed by atoms with van der Waals surface area (Å²) in [5, 5.41) is 41.6. The maximum absolute atomic E-state index is 13.1. The van der Waals surface area contributed by atoms with Gasteiger partial charge in [-0.3, -0.25) is 4.79 Å². The van der Waals surface area contributed by atoms with Crippen LogP contribution in [-0.2, 0) is 6.42 Å². The summed E-state index contributed by atoms with van der Waals surface area (Å²) in [4.78, 5) is 13.1. The van der Waals surface area contributed by atoms with Crippen LogP contribution < -0.4 is 4.74 Å². The quantitative estimate of drug-likeness (QED) is 0.479. The number of ketones is 1. The van der Waals surface area contributed by atoms with Gasteiger partial charge in [-0.05, 0) is 38.3 Å². The van der Waals surface area contributed by atoms with Crippen LogP contribution in [0.15, 0.2) is 35.9 Å². The predicted molar refractivity (Wildman–Crippen MR) is 119 cm³/mol. The number of hydrogen-bond donors (Lipinski definition) is 4. The number of phenols is 4. The van der Waals surface area contributed by atoms with Gasteiger partial charge in [0, 0.05) is 17.2 Å². The van der Waals surface area contributed by atoms with Crippen molar-refractivity contribution in [1.29, 1.82) is 0 Å². The van der Waals surface area contributed by atoms with Crippen molar-refractivity contribution in [3.05, 3.63) is 58.2 Å². The molecule has 0 bridgehead atoms. The number of hydrogen-bond acceptors (Lipinski definition) is 6. The SMILES string of the molecule is CC(C)=CCc1c(O)c(C=CC(C)C)c(O)c2c1O[C@H](c1ccc(O)cc1O)CC2=O. The smallest absolute Gasteiger partial charge is 0.174 e. The Hall–Kier alpha value is -3.41. The van der Waals surface area contributed by atoms with E-state index in [0.717, 1.165) is 5.57 Å². The number of allylic oxidation sites excluding steroid dienone is 3. The molecule has 0 saturated heterocycles. The number of fused-ring (bicyclic) bond motifs is 1. The van der Waals surface area contributed by atoms with Gasteiger partial charge in [0.2, 0.25) is 0 Å². The van der Waals surface area contributed by atoms with Crippen molar-refractivity contribution in [2.45, 2.75) is 46.6 Å². The standard InChI is InChI=1S/C25H28O6/c1-13(2)5-8-17-23(29)18(9-6-14(3)4)25-22(24(17)30)20(28)12-21(31-25)16-10-7-15(26)11-19(16)27/h5-8,10-11,13,21,26-27,29-30H,9,12H2,1-4H3/t21-/m0/s1. The Morgan fingerprint density at radius 1 is 1.16 bits per heavy atom. The summed E-state index contributed by atoms with van der Waals surface area (Å²) in [5.74, 6) is -0.818. The van der Waals surface area contributed by atoms with Crippen molar-refractivity contribution < 1.29 is 30.0 Å². The van der Waals surface area contributed by atoms with Crippen molar-refractivity contribution in [2.75, 3.05) is 0 Å². The Kier molecular flexibility index (Phi) is 6.29. The van der Waals surface area contributed by atoms with Gasteiger partial charge < -0.3 is 25.2 Å². The third-order valence-electron chi connectivity index (χ3n) is 5.17. The van der Waals surface area contributed by atoms with Crippen molar-refractivity contribution in [3.8, 4) is 28.7 Å². The normalized spacial score (nSPS) is 15.8. The molecule has 164 valence electrons. The van der Waals surface area contributed by atoms with E-state index in [-0.39, 0.29) is 58.0 Å². The second-order valence-corrected chi connectivity index (χ2v) is 8.36. The minimum absolute atomic E-state index is 0.0351. The van der Waals surface area contributed by atoms with Gasteiger partial charge >= 0.3 is 0 Å². The summed E-state index contributed by atoms with van der Waals surface area (Å²) in [6, 6.07) is 4.07. The van der Waals surface area contributed by atoms with Crippen LogP contribution in [0.25, 0.3) is 6.08 Å². The van der Waals surface area contributed by atoms with E-state index in [0.29, 0.717) is 17.5 Å². The zero-order valence-electron chi connectivity index (χ0n) is 18.1. The lowest BCUT2D eigenvalue weighted by atomic mass is 9.89. The van der Waals surface area contributed by atoms with Crippen LogP contribution in [0.3, 0.4) is 0 Å². The highest BCUT2D eigenvalue weighted by atomic mass is 16.5. The lowest BCUT2D eigenvalue weighted by molar-refractivity contribution is 0.0839. The molecular weight excluding hydrogens is 396 g/mol. The monoisotopic (exact) mass is 424 g/mol. The van der Waals surface area contributed by atoms with Gasteiger partial charge in [0.05, 0.1) is 12.0 Å². The fourth-order valence-electron chi connectivity index (χ4n) is 3.54. The van der Waals surface area contributed by atoms with Gasteiger partial charge in [-0.2, -0.15) is 0 Å². The molecule has 0 fully saturated rings. The minimum Gasteiger partial charge on any atom is -0.508 e. The highest BCUT2D eigenvalue weighted by molar-refractivity contribution is 6.04. The summed E-state index contributed by atoms with van der Waals surface area (Å²) in [7, 11) is 0. The van der Waals surface area contributed by atoms with E-state index in [4.69, 9.17) is 4.74 Å². The molecule has 6 heteroatoms. The molecule has 2 aromatic carbocycles. The molecule has 2 aromatic rings. The van der Waals surface area contributed by atoms with E-state index in [2.05, 4.69) is 0 Å². The van der Waals surface area contributed by atoms with Crippen LogP contribution in [0.5, 0.6) is 28.7 Å². The lowest BCUT2D eigenvalue weighted by Gasteiger charge is -2.29. The molecule has 1 heterocycles. The number of phenolic OH excluding ortho intramolecular Hbond substituents is 4. The van der Waals surface area contributed by atoms with Crippen LogP contribution in [0.1, 0.15) is 67.3 Å². The van der Waals surface area contributed by atoms with E-state index in [1.807, 2.05) is 39.8 Å². The Labute approximate surface area is 181 Å². The summed E-state index contributed by atoms with van der Waals surface area (Å²) in [6.07, 6.45) is 4.74. The number of benzene rings is 2. The second-order valence-electron chi connectivity index (χ2n) is 8.36. The molecule has 1 aliphatic rings. The molecule has 0 aromatic heterocycles. The Bertz CT molecular complexity index is 1070. The molecule has 31 heavy (non-hydrogen) atoms. The highest BCUT2D eigenvalue weighted by Crippen LogP contribution is 2.49. The average Bonchev–Trinajstić information content (AvgIpc) is 2.66. The first-order chi connectivity index (χ1) is 14.6. The fourth-order valence-corrected chi connectivity index (χ4v) is 3.54. The molecule has 0 radical (unpaired) electrons. The number of ether oxygens (including phenoxy) is 1. The van der Waals surface area contributed by atoms with Gasteiger partial charge in [0.25, 0.3) is 0 Å². The van der Waals surface area contributed by atoms with Crippen LogP contribution in [-0.4, -0.2) is 26.2 Å². The second kappa shape index (κ2) is 8.76. The molecule has 6 nitrogen and oxygen atoms in total. The number of aromatic hydroxyl groups is 4. The van der Waals surface area contributed by atoms with Crippen molar-refractivity contribution in [3.63, 3.8) is 0 Å². The summed E-state index contributed by atoms with van der Waals surface area (Å²) < 4.78 is 6.08. The van der Waals surface area contributed by atoms with Gasteiger partial charge in [0.15, 0.2) is 5.78 Å². The Balaban J connectivity index is 2.19. The maximum Gasteiger partial charge on any atom is 0.174 e. The van der Waals surface area contributed by atoms with Gasteiger partial charge in [-0.1, -0.05) is 37.6 Å². The van der Waals surface area contributed by atoms with E-state index in [1.165, 1.54) is 18.2 Å². The molecule has 0 amide bonds. The lowest BCUT2D eigenvalue weighted by Crippen LogP contribution is -2.22. The van der Waals surface area contributed by atoms with Gasteiger partial charge in [-0.15, -0.1) is 0 Å². The van der Waals surface area contributed by atoms with Crippen molar-refractivity contribution in [2.24, 2.45) is 5.92 Å². The van der Waals surface area contributed by atoms with Crippen molar-refractivity contribution >= 4 is 11.9 Å². The van der Waals surface area contributed by atoms with Crippen LogP contribution >= 0.6 is 0 Å². The Morgan fingerprint density at radius 3 is 2.48 bits per heavy atom. The first-order valence-corrected chi connectivity index (χ1v) is 10.2. The zero-order valence-corrected chi connectivity index (χ0v) is 18.1. The van der Waals surface area contributed by atoms with E-state index < -0.39 is 6.10 Å². The van der Waals surface area contributed by atoms with E-state index in [1.54, 1.807) is 6.08 Å². The molecule has 0 aliphatic carbocycles. The third kappa shape index (κ3) is 4.53. The van der Waals surface area contributed by atoms with Crippen LogP contribution in [0, 0.1) is 5.92 Å². The molecule has 3 rings (SSSR count). The molecule has 0 saturated carbocycles. The highest BCUT2D eigenvalue weighted by Gasteiger charge is 2.36. The summed E-state index contributed by atoms with van der Waals surface area (Å²) in [5.41, 5.74) is 1.98. The number of carbonyl (C=O) groups excluding carboxylic acids is 1. The molecule has 1 aliphatic heterocycles. The average molecular weight is 424 g/mol. The van der Waals surface area contributed by atoms with E-state index in [9.17, 15) is 25.2 Å². The minimum atomic E-state index is -0.818. The number of rotatable bonds is 5.